The van der Waals surface area contributed by atoms with Crippen LogP contribution in [0.25, 0.3) is 0 Å². The first-order valence-corrected chi connectivity index (χ1v) is 6.75. The molecule has 0 spiro atoms. The Kier molecular flexibility index (Phi) is 4.10. The molecule has 1 heterocycles. The molecule has 1 aromatic heterocycles. The van der Waals surface area contributed by atoms with Gasteiger partial charge in [-0.1, -0.05) is 30.3 Å². The highest BCUT2D eigenvalue weighted by Gasteiger charge is 2.08. The largest absolute Gasteiger partial charge is 0.489 e. The molecule has 3 aromatic rings. The van der Waals surface area contributed by atoms with Crippen LogP contribution in [0.4, 0.5) is 5.69 Å². The van der Waals surface area contributed by atoms with Gasteiger partial charge in [-0.15, -0.1) is 0 Å². The minimum absolute atomic E-state index is 0.240. The van der Waals surface area contributed by atoms with Crippen LogP contribution in [0.2, 0.25) is 0 Å². The molecule has 0 saturated heterocycles. The summed E-state index contributed by atoms with van der Waals surface area (Å²) < 4.78 is 5.68. The lowest BCUT2D eigenvalue weighted by Crippen LogP contribution is -2.12. The molecule has 0 bridgehead atoms. The third-order valence-electron chi connectivity index (χ3n) is 3.01. The minimum Gasteiger partial charge on any atom is -0.489 e. The van der Waals surface area contributed by atoms with E-state index < -0.39 is 0 Å². The predicted octanol–water partition coefficient (Wildman–Crippen LogP) is 2.64. The molecule has 0 aliphatic heterocycles. The van der Waals surface area contributed by atoms with E-state index in [9.17, 15) is 4.79 Å². The van der Waals surface area contributed by atoms with Gasteiger partial charge in [-0.3, -0.25) is 4.79 Å². The number of carbonyl (C=O) groups excluding carboxylic acids is 1. The number of carbonyl (C=O) groups is 1. The molecule has 6 heteroatoms. The van der Waals surface area contributed by atoms with E-state index in [0.717, 1.165) is 11.3 Å². The molecule has 3 rings (SSSR count). The molecular formula is C16H14N4O2. The van der Waals surface area contributed by atoms with Gasteiger partial charge in [0.05, 0.1) is 6.20 Å². The number of anilines is 1. The van der Waals surface area contributed by atoms with Gasteiger partial charge in [0, 0.05) is 5.69 Å². The van der Waals surface area contributed by atoms with Crippen LogP contribution < -0.4 is 10.1 Å². The number of ether oxygens (including phenoxy) is 1. The van der Waals surface area contributed by atoms with Crippen LogP contribution in [0, 0.1) is 0 Å². The van der Waals surface area contributed by atoms with Gasteiger partial charge >= 0.3 is 0 Å². The van der Waals surface area contributed by atoms with Gasteiger partial charge in [0.1, 0.15) is 12.4 Å². The molecule has 0 aliphatic carbocycles. The first-order chi connectivity index (χ1) is 10.8. The summed E-state index contributed by atoms with van der Waals surface area (Å²) in [5, 5.41) is 12.4. The highest BCUT2D eigenvalue weighted by atomic mass is 16.5. The lowest BCUT2D eigenvalue weighted by molar-refractivity contribution is 0.102. The van der Waals surface area contributed by atoms with Crippen molar-refractivity contribution in [3.8, 4) is 5.75 Å². The fourth-order valence-electron chi connectivity index (χ4n) is 1.88. The number of rotatable bonds is 5. The number of benzene rings is 2. The van der Waals surface area contributed by atoms with E-state index >= 15 is 0 Å². The molecule has 0 unspecified atom stereocenters. The average Bonchev–Trinajstić information content (AvgIpc) is 3.10. The van der Waals surface area contributed by atoms with Crippen molar-refractivity contribution in [2.24, 2.45) is 0 Å². The second-order valence-corrected chi connectivity index (χ2v) is 4.61. The maximum atomic E-state index is 11.8. The fraction of sp³-hybridized carbons (Fsp3) is 0.0625. The van der Waals surface area contributed by atoms with Crippen molar-refractivity contribution in [2.45, 2.75) is 6.61 Å². The first kappa shape index (κ1) is 13.8. The minimum atomic E-state index is -0.313. The Morgan fingerprint density at radius 2 is 1.86 bits per heavy atom. The van der Waals surface area contributed by atoms with E-state index in [1.807, 2.05) is 30.3 Å². The van der Waals surface area contributed by atoms with E-state index in [1.165, 1.54) is 6.20 Å². The van der Waals surface area contributed by atoms with Crippen molar-refractivity contribution < 1.29 is 9.53 Å². The molecule has 2 aromatic carbocycles. The normalized spacial score (nSPS) is 10.2. The molecule has 0 fully saturated rings. The van der Waals surface area contributed by atoms with E-state index in [2.05, 4.69) is 20.7 Å². The Hall–Kier alpha value is -3.15. The summed E-state index contributed by atoms with van der Waals surface area (Å²) in [4.78, 5) is 11.8. The van der Waals surface area contributed by atoms with Gasteiger partial charge in [0.25, 0.3) is 5.91 Å². The van der Waals surface area contributed by atoms with E-state index in [4.69, 9.17) is 4.74 Å². The first-order valence-electron chi connectivity index (χ1n) is 6.75. The van der Waals surface area contributed by atoms with Crippen LogP contribution in [-0.2, 0) is 6.61 Å². The van der Waals surface area contributed by atoms with Crippen molar-refractivity contribution in [3.05, 3.63) is 72.1 Å². The molecular weight excluding hydrogens is 280 g/mol. The third-order valence-corrected chi connectivity index (χ3v) is 3.01. The summed E-state index contributed by atoms with van der Waals surface area (Å²) in [7, 11) is 0. The lowest BCUT2D eigenvalue weighted by Gasteiger charge is -2.08. The topological polar surface area (TPSA) is 79.9 Å². The molecule has 1 amide bonds. The standard InChI is InChI=1S/C16H14N4O2/c21-16(15-10-17-20-19-15)18-13-6-8-14(9-7-13)22-11-12-4-2-1-3-5-12/h1-10H,11H2,(H,18,21)(H,17,19,20). The number of H-pyrrole nitrogens is 1. The molecule has 0 radical (unpaired) electrons. The molecule has 22 heavy (non-hydrogen) atoms. The van der Waals surface area contributed by atoms with Crippen molar-refractivity contribution in [2.75, 3.05) is 5.32 Å². The summed E-state index contributed by atoms with van der Waals surface area (Å²) in [6.45, 7) is 0.505. The number of aromatic nitrogens is 3. The Balaban J connectivity index is 1.57. The Morgan fingerprint density at radius 1 is 1.09 bits per heavy atom. The number of hydrogen-bond donors (Lipinski definition) is 2. The zero-order valence-corrected chi connectivity index (χ0v) is 11.7. The van der Waals surface area contributed by atoms with E-state index in [-0.39, 0.29) is 11.6 Å². The van der Waals surface area contributed by atoms with Crippen molar-refractivity contribution >= 4 is 11.6 Å². The molecule has 0 atom stereocenters. The third kappa shape index (κ3) is 3.49. The van der Waals surface area contributed by atoms with Crippen LogP contribution >= 0.6 is 0 Å². The highest BCUT2D eigenvalue weighted by Crippen LogP contribution is 2.17. The Bertz CT molecular complexity index is 725. The van der Waals surface area contributed by atoms with Crippen LogP contribution in [0.15, 0.2) is 60.8 Å². The van der Waals surface area contributed by atoms with Crippen LogP contribution in [0.1, 0.15) is 16.1 Å². The number of amides is 1. The van der Waals surface area contributed by atoms with E-state index in [1.54, 1.807) is 24.3 Å². The van der Waals surface area contributed by atoms with Crippen molar-refractivity contribution in [1.29, 1.82) is 0 Å². The molecule has 110 valence electrons. The fourth-order valence-corrected chi connectivity index (χ4v) is 1.88. The summed E-state index contributed by atoms with van der Waals surface area (Å²) in [5.41, 5.74) is 2.01. The summed E-state index contributed by atoms with van der Waals surface area (Å²) in [5.74, 6) is 0.426. The van der Waals surface area contributed by atoms with Gasteiger partial charge < -0.3 is 10.1 Å². The Labute approximate surface area is 127 Å². The van der Waals surface area contributed by atoms with Crippen molar-refractivity contribution in [3.63, 3.8) is 0 Å². The maximum Gasteiger partial charge on any atom is 0.277 e. The van der Waals surface area contributed by atoms with Gasteiger partial charge in [-0.05, 0) is 29.8 Å². The summed E-state index contributed by atoms with van der Waals surface area (Å²) in [6, 6.07) is 17.1. The van der Waals surface area contributed by atoms with Gasteiger partial charge in [-0.2, -0.15) is 15.4 Å². The smallest absolute Gasteiger partial charge is 0.277 e. The maximum absolute atomic E-state index is 11.8. The lowest BCUT2D eigenvalue weighted by atomic mass is 10.2. The zero-order valence-electron chi connectivity index (χ0n) is 11.7. The highest BCUT2D eigenvalue weighted by molar-refractivity contribution is 6.02. The average molecular weight is 294 g/mol. The zero-order chi connectivity index (χ0) is 15.2. The number of hydrogen-bond acceptors (Lipinski definition) is 4. The van der Waals surface area contributed by atoms with Crippen LogP contribution in [-0.4, -0.2) is 21.3 Å². The molecule has 0 aliphatic rings. The molecule has 0 saturated carbocycles. The monoisotopic (exact) mass is 294 g/mol. The predicted molar refractivity (Wildman–Crippen MR) is 81.6 cm³/mol. The second-order valence-electron chi connectivity index (χ2n) is 4.61. The van der Waals surface area contributed by atoms with Gasteiger partial charge in [-0.25, -0.2) is 0 Å². The SMILES string of the molecule is O=C(Nc1ccc(OCc2ccccc2)cc1)c1cn[nH]n1. The van der Waals surface area contributed by atoms with Crippen LogP contribution in [0.5, 0.6) is 5.75 Å². The number of aromatic amines is 1. The summed E-state index contributed by atoms with van der Waals surface area (Å²) >= 11 is 0. The summed E-state index contributed by atoms with van der Waals surface area (Å²) in [6.07, 6.45) is 1.37. The Morgan fingerprint density at radius 3 is 2.55 bits per heavy atom. The van der Waals surface area contributed by atoms with Crippen LogP contribution in [0.3, 0.4) is 0 Å². The quantitative estimate of drug-likeness (QED) is 0.758. The molecule has 6 nitrogen and oxygen atoms in total. The van der Waals surface area contributed by atoms with Crippen molar-refractivity contribution in [1.82, 2.24) is 15.4 Å². The second kappa shape index (κ2) is 6.53. The number of nitrogens with one attached hydrogen (secondary N) is 2. The van der Waals surface area contributed by atoms with Gasteiger partial charge in [0.2, 0.25) is 0 Å². The number of nitrogens with zero attached hydrogens (tertiary/aromatic N) is 2. The molecule has 2 N–H and O–H groups in total. The van der Waals surface area contributed by atoms with E-state index in [0.29, 0.717) is 12.3 Å². The van der Waals surface area contributed by atoms with Gasteiger partial charge in [0.15, 0.2) is 5.69 Å².